The molecule has 0 fully saturated rings. The van der Waals surface area contributed by atoms with Crippen molar-refractivity contribution in [3.8, 4) is 0 Å². The van der Waals surface area contributed by atoms with Crippen LogP contribution in [-0.4, -0.2) is 76.8 Å². The summed E-state index contributed by atoms with van der Waals surface area (Å²) >= 11 is 0. The van der Waals surface area contributed by atoms with Gasteiger partial charge in [0.05, 0.1) is 0 Å². The molecule has 0 aromatic rings. The quantitative estimate of drug-likeness (QED) is 0.191. The number of rotatable bonds is 12. The molecule has 0 spiro atoms. The van der Waals surface area contributed by atoms with E-state index >= 15 is 0 Å². The smallest absolute Gasteiger partial charge is 0.377 e. The van der Waals surface area contributed by atoms with Crippen molar-refractivity contribution in [1.29, 1.82) is 0 Å². The van der Waals surface area contributed by atoms with Crippen LogP contribution >= 0.6 is 0 Å². The van der Waals surface area contributed by atoms with E-state index in [1.54, 1.807) is 0 Å². The van der Waals surface area contributed by atoms with Crippen molar-refractivity contribution >= 4 is 8.80 Å². The fourth-order valence-electron chi connectivity index (χ4n) is 2.23. The van der Waals surface area contributed by atoms with E-state index in [0.717, 1.165) is 0 Å². The van der Waals surface area contributed by atoms with Crippen LogP contribution < -0.4 is 0 Å². The molecular weight excluding hydrogens is 567 g/mol. The van der Waals surface area contributed by atoms with Crippen LogP contribution in [0.3, 0.4) is 0 Å². The zero-order valence-corrected chi connectivity index (χ0v) is 18.4. The Hall–Kier alpha value is -1.09. The van der Waals surface area contributed by atoms with Crippen LogP contribution in [-0.2, 0) is 13.3 Å². The maximum absolute atomic E-state index is 14.3. The van der Waals surface area contributed by atoms with E-state index in [4.69, 9.17) is 0 Å². The first-order valence-electron chi connectivity index (χ1n) is 8.53. The summed E-state index contributed by atoms with van der Waals surface area (Å²) < 4.78 is 240. The highest BCUT2D eigenvalue weighted by atomic mass is 28.4. The van der Waals surface area contributed by atoms with Crippen LogP contribution in [0.1, 0.15) is 13.3 Å². The van der Waals surface area contributed by atoms with Gasteiger partial charge in [0.1, 0.15) is 6.10 Å². The van der Waals surface area contributed by atoms with Gasteiger partial charge in [-0.15, -0.1) is 0 Å². The van der Waals surface area contributed by atoms with Gasteiger partial charge >= 0.3 is 56.4 Å². The fourth-order valence-corrected chi connectivity index (χ4v) is 3.42. The predicted octanol–water partition coefficient (Wildman–Crippen LogP) is 6.65. The zero-order chi connectivity index (χ0) is 28.9. The van der Waals surface area contributed by atoms with E-state index in [-0.39, 0.29) is 0 Å². The minimum atomic E-state index is -8.67. The first kappa shape index (κ1) is 33.9. The SMILES string of the molecule is CCC(O[Si](C)(OC)OC)C(F)(F)C(F)(F)C(F)(F)C(F)(F)C(F)(F)C(F)(F)C(F)(F)C(F)(F)F. The van der Waals surface area contributed by atoms with Gasteiger partial charge < -0.3 is 13.3 Å². The summed E-state index contributed by atoms with van der Waals surface area (Å²) in [5.74, 6) is -56.9. The maximum atomic E-state index is 14.3. The Morgan fingerprint density at radius 1 is 0.543 bits per heavy atom. The molecular formula is C14H15F17O3Si. The lowest BCUT2D eigenvalue weighted by Gasteiger charge is -2.44. The standard InChI is InChI=1S/C14H15F17O3Si/c1-5-6(34-35(4,32-2)33-3)7(15,16)8(17,18)9(19,20)10(21,22)11(23,24)12(25,26)13(27,28)14(29,30)31/h6H,5H2,1-4H3. The third kappa shape index (κ3) is 4.80. The monoisotopic (exact) mass is 582 g/mol. The van der Waals surface area contributed by atoms with E-state index in [2.05, 4.69) is 13.3 Å². The van der Waals surface area contributed by atoms with Gasteiger partial charge in [0.2, 0.25) is 0 Å². The molecule has 0 heterocycles. The number of hydrogen-bond donors (Lipinski definition) is 0. The van der Waals surface area contributed by atoms with Crippen LogP contribution in [0.15, 0.2) is 0 Å². The Kier molecular flexibility index (Phi) is 9.04. The Bertz CT molecular complexity index is 732. The van der Waals surface area contributed by atoms with Crippen molar-refractivity contribution in [2.45, 2.75) is 73.6 Å². The first-order valence-corrected chi connectivity index (χ1v) is 10.8. The average Bonchev–Trinajstić information content (AvgIpc) is 2.69. The lowest BCUT2D eigenvalue weighted by Crippen LogP contribution is -2.75. The molecule has 0 rings (SSSR count). The van der Waals surface area contributed by atoms with E-state index in [9.17, 15) is 74.6 Å². The lowest BCUT2D eigenvalue weighted by molar-refractivity contribution is -0.464. The van der Waals surface area contributed by atoms with Gasteiger partial charge in [-0.05, 0) is 6.42 Å². The molecule has 0 aromatic heterocycles. The molecule has 0 saturated heterocycles. The molecule has 3 nitrogen and oxygen atoms in total. The van der Waals surface area contributed by atoms with Gasteiger partial charge in [-0.1, -0.05) is 6.92 Å². The Morgan fingerprint density at radius 3 is 1.09 bits per heavy atom. The van der Waals surface area contributed by atoms with Crippen LogP contribution in [0.25, 0.3) is 0 Å². The zero-order valence-electron chi connectivity index (χ0n) is 17.4. The largest absolute Gasteiger partial charge is 0.497 e. The van der Waals surface area contributed by atoms with Gasteiger partial charge in [0, 0.05) is 20.8 Å². The molecule has 35 heavy (non-hydrogen) atoms. The molecule has 1 unspecified atom stereocenters. The molecule has 0 aliphatic heterocycles. The Morgan fingerprint density at radius 2 is 0.829 bits per heavy atom. The van der Waals surface area contributed by atoms with Crippen molar-refractivity contribution in [1.82, 2.24) is 0 Å². The first-order chi connectivity index (χ1) is 15.0. The van der Waals surface area contributed by atoms with Crippen molar-refractivity contribution in [2.24, 2.45) is 0 Å². The second-order valence-corrected chi connectivity index (χ2v) is 9.63. The minimum Gasteiger partial charge on any atom is -0.377 e. The van der Waals surface area contributed by atoms with Crippen LogP contribution in [0.5, 0.6) is 0 Å². The number of halogens is 17. The molecule has 21 heteroatoms. The van der Waals surface area contributed by atoms with E-state index < -0.39 is 69.0 Å². The maximum Gasteiger partial charge on any atom is 0.497 e. The summed E-state index contributed by atoms with van der Waals surface area (Å²) in [5.41, 5.74) is 0. The van der Waals surface area contributed by atoms with Gasteiger partial charge in [0.15, 0.2) is 0 Å². The van der Waals surface area contributed by atoms with Gasteiger partial charge in [-0.25, -0.2) is 0 Å². The average molecular weight is 582 g/mol. The van der Waals surface area contributed by atoms with E-state index in [1.807, 2.05) is 0 Å². The topological polar surface area (TPSA) is 27.7 Å². The van der Waals surface area contributed by atoms with Gasteiger partial charge in [0.25, 0.3) is 0 Å². The molecule has 0 aromatic carbocycles. The summed E-state index contributed by atoms with van der Waals surface area (Å²) in [7, 11) is -3.11. The second kappa shape index (κ2) is 9.33. The highest BCUT2D eigenvalue weighted by molar-refractivity contribution is 6.59. The highest BCUT2D eigenvalue weighted by Gasteiger charge is 2.95. The molecule has 0 radical (unpaired) electrons. The van der Waals surface area contributed by atoms with Crippen molar-refractivity contribution < 1.29 is 87.9 Å². The summed E-state index contributed by atoms with van der Waals surface area (Å²) in [6.45, 7) is 1.16. The second-order valence-electron chi connectivity index (χ2n) is 6.85. The molecule has 0 amide bonds. The summed E-state index contributed by atoms with van der Waals surface area (Å²) in [5, 5.41) is 0. The predicted molar refractivity (Wildman–Crippen MR) is 81.5 cm³/mol. The summed E-state index contributed by atoms with van der Waals surface area (Å²) in [4.78, 5) is 0. The fraction of sp³-hybridized carbons (Fsp3) is 1.00. The molecule has 0 aliphatic rings. The van der Waals surface area contributed by atoms with E-state index in [0.29, 0.717) is 27.7 Å². The van der Waals surface area contributed by atoms with Gasteiger partial charge in [-0.2, -0.15) is 74.6 Å². The summed E-state index contributed by atoms with van der Waals surface area (Å²) in [6, 6.07) is 0. The highest BCUT2D eigenvalue weighted by Crippen LogP contribution is 2.64. The van der Waals surface area contributed by atoms with Crippen LogP contribution in [0, 0.1) is 0 Å². The normalized spacial score (nSPS) is 17.1. The lowest BCUT2D eigenvalue weighted by atomic mass is 9.87. The molecule has 212 valence electrons. The van der Waals surface area contributed by atoms with Crippen LogP contribution in [0.4, 0.5) is 74.6 Å². The summed E-state index contributed by atoms with van der Waals surface area (Å²) in [6.07, 6.45) is -12.9. The van der Waals surface area contributed by atoms with Crippen molar-refractivity contribution in [3.63, 3.8) is 0 Å². The van der Waals surface area contributed by atoms with E-state index in [1.165, 1.54) is 0 Å². The third-order valence-corrected chi connectivity index (χ3v) is 6.82. The molecule has 0 N–H and O–H groups in total. The van der Waals surface area contributed by atoms with Crippen LogP contribution in [0.2, 0.25) is 6.55 Å². The third-order valence-electron chi connectivity index (χ3n) is 4.62. The molecule has 0 aliphatic carbocycles. The van der Waals surface area contributed by atoms with Crippen molar-refractivity contribution in [2.75, 3.05) is 14.2 Å². The molecule has 0 saturated carbocycles. The Balaban J connectivity index is 6.84. The Labute approximate surface area is 185 Å². The molecule has 0 bridgehead atoms. The minimum absolute atomic E-state index is 0.484. The van der Waals surface area contributed by atoms with Crippen molar-refractivity contribution in [3.05, 3.63) is 0 Å². The number of hydrogen-bond acceptors (Lipinski definition) is 3. The number of alkyl halides is 17. The van der Waals surface area contributed by atoms with Gasteiger partial charge in [-0.3, -0.25) is 0 Å². The molecule has 1 atom stereocenters.